The molecule has 0 aliphatic carbocycles. The summed E-state index contributed by atoms with van der Waals surface area (Å²) in [6.45, 7) is 6.61. The van der Waals surface area contributed by atoms with Crippen LogP contribution in [-0.2, 0) is 16.4 Å². The third-order valence-corrected chi connectivity index (χ3v) is 4.93. The van der Waals surface area contributed by atoms with Crippen LogP contribution in [0.3, 0.4) is 0 Å². The van der Waals surface area contributed by atoms with E-state index < -0.39 is 10.0 Å². The number of hydrogen-bond acceptors (Lipinski definition) is 3. The molecule has 1 atom stereocenters. The molecule has 0 aromatic heterocycles. The van der Waals surface area contributed by atoms with Gasteiger partial charge in [0.2, 0.25) is 10.0 Å². The van der Waals surface area contributed by atoms with Crippen LogP contribution in [-0.4, -0.2) is 20.0 Å². The summed E-state index contributed by atoms with van der Waals surface area (Å²) < 4.78 is 26.9. The molecule has 0 bridgehead atoms. The number of sulfonamides is 1. The molecule has 1 unspecified atom stereocenters. The summed E-state index contributed by atoms with van der Waals surface area (Å²) in [5, 5.41) is 0. The Balaban J connectivity index is 2.75. The predicted octanol–water partition coefficient (Wildman–Crippen LogP) is 2.09. The Morgan fingerprint density at radius 2 is 1.80 bits per heavy atom. The summed E-state index contributed by atoms with van der Waals surface area (Å²) in [4.78, 5) is 0.657. The predicted molar refractivity (Wildman–Crippen MR) is 86.1 cm³/mol. The Hall–Kier alpha value is -0.980. The van der Waals surface area contributed by atoms with Crippen LogP contribution >= 0.6 is 12.2 Å². The summed E-state index contributed by atoms with van der Waals surface area (Å²) >= 11 is 4.83. The second-order valence-electron chi connectivity index (χ2n) is 5.36. The van der Waals surface area contributed by atoms with Crippen molar-refractivity contribution in [1.82, 2.24) is 4.72 Å². The molecule has 4 nitrogen and oxygen atoms in total. The van der Waals surface area contributed by atoms with E-state index in [1.165, 1.54) is 0 Å². The van der Waals surface area contributed by atoms with E-state index >= 15 is 0 Å². The minimum Gasteiger partial charge on any atom is -0.393 e. The quantitative estimate of drug-likeness (QED) is 0.756. The van der Waals surface area contributed by atoms with Crippen molar-refractivity contribution in [3.8, 4) is 0 Å². The van der Waals surface area contributed by atoms with Gasteiger partial charge in [0, 0.05) is 13.0 Å². The first-order valence-electron chi connectivity index (χ1n) is 6.59. The third kappa shape index (κ3) is 5.19. The monoisotopic (exact) mass is 314 g/mol. The average Bonchev–Trinajstić information content (AvgIpc) is 2.35. The molecule has 0 fully saturated rings. The maximum atomic E-state index is 12.1. The van der Waals surface area contributed by atoms with Crippen LogP contribution in [0.25, 0.3) is 0 Å². The van der Waals surface area contributed by atoms with Crippen LogP contribution in [0.1, 0.15) is 26.3 Å². The molecular weight excluding hydrogens is 292 g/mol. The number of nitrogens with two attached hydrogens (primary N) is 1. The average molecular weight is 314 g/mol. The van der Waals surface area contributed by atoms with Crippen LogP contribution in [0.5, 0.6) is 0 Å². The number of hydrogen-bond donors (Lipinski definition) is 2. The molecule has 0 aliphatic heterocycles. The van der Waals surface area contributed by atoms with E-state index in [0.717, 1.165) is 5.56 Å². The number of rotatable bonds is 7. The molecule has 1 aromatic rings. The molecule has 112 valence electrons. The zero-order valence-electron chi connectivity index (χ0n) is 12.1. The lowest BCUT2D eigenvalue weighted by atomic mass is 9.99. The van der Waals surface area contributed by atoms with Crippen molar-refractivity contribution in [3.63, 3.8) is 0 Å². The highest BCUT2D eigenvalue weighted by atomic mass is 32.2. The zero-order chi connectivity index (χ0) is 15.3. The van der Waals surface area contributed by atoms with Gasteiger partial charge < -0.3 is 5.73 Å². The summed E-state index contributed by atoms with van der Waals surface area (Å²) in [5.41, 5.74) is 6.37. The van der Waals surface area contributed by atoms with Gasteiger partial charge in [-0.25, -0.2) is 13.1 Å². The molecule has 0 saturated heterocycles. The maximum absolute atomic E-state index is 12.1. The van der Waals surface area contributed by atoms with Gasteiger partial charge >= 0.3 is 0 Å². The smallest absolute Gasteiger partial charge is 0.240 e. The summed E-state index contributed by atoms with van der Waals surface area (Å²) in [6.07, 6.45) is 0.480. The Kier molecular flexibility index (Phi) is 6.10. The van der Waals surface area contributed by atoms with E-state index in [1.807, 2.05) is 6.92 Å². The van der Waals surface area contributed by atoms with Crippen molar-refractivity contribution in [3.05, 3.63) is 29.8 Å². The highest BCUT2D eigenvalue weighted by Crippen LogP contribution is 2.13. The van der Waals surface area contributed by atoms with Crippen LogP contribution in [0.4, 0.5) is 0 Å². The molecule has 20 heavy (non-hydrogen) atoms. The molecule has 0 amide bonds. The van der Waals surface area contributed by atoms with Gasteiger partial charge in [0.15, 0.2) is 0 Å². The van der Waals surface area contributed by atoms with Gasteiger partial charge in [-0.15, -0.1) is 0 Å². The fourth-order valence-electron chi connectivity index (χ4n) is 1.55. The van der Waals surface area contributed by atoms with E-state index in [1.54, 1.807) is 24.3 Å². The van der Waals surface area contributed by atoms with E-state index in [9.17, 15) is 8.42 Å². The van der Waals surface area contributed by atoms with Crippen molar-refractivity contribution in [2.45, 2.75) is 32.1 Å². The number of thiocarbonyl (C=S) groups is 1. The van der Waals surface area contributed by atoms with Gasteiger partial charge in [-0.05, 0) is 29.5 Å². The number of nitrogens with one attached hydrogen (secondary N) is 1. The van der Waals surface area contributed by atoms with Crippen LogP contribution in [0.2, 0.25) is 0 Å². The normalized spacial score (nSPS) is 13.4. The summed E-state index contributed by atoms with van der Waals surface area (Å²) in [7, 11) is -3.45. The maximum Gasteiger partial charge on any atom is 0.240 e. The van der Waals surface area contributed by atoms with Gasteiger partial charge in [0.1, 0.15) is 0 Å². The zero-order valence-corrected chi connectivity index (χ0v) is 13.7. The van der Waals surface area contributed by atoms with Gasteiger partial charge in [-0.2, -0.15) is 0 Å². The first-order valence-corrected chi connectivity index (χ1v) is 8.48. The Morgan fingerprint density at radius 1 is 1.25 bits per heavy atom. The molecule has 0 saturated carbocycles. The van der Waals surface area contributed by atoms with E-state index in [2.05, 4.69) is 18.6 Å². The fourth-order valence-corrected chi connectivity index (χ4v) is 2.86. The molecule has 0 spiro atoms. The Bertz CT molecular complexity index is 551. The van der Waals surface area contributed by atoms with Crippen molar-refractivity contribution < 1.29 is 8.42 Å². The lowest BCUT2D eigenvalue weighted by Crippen LogP contribution is -2.30. The van der Waals surface area contributed by atoms with Gasteiger partial charge in [0.25, 0.3) is 0 Å². The topological polar surface area (TPSA) is 72.2 Å². The van der Waals surface area contributed by atoms with E-state index in [4.69, 9.17) is 18.0 Å². The Morgan fingerprint density at radius 3 is 2.25 bits per heavy atom. The summed E-state index contributed by atoms with van der Waals surface area (Å²) in [5.74, 6) is 0.726. The van der Waals surface area contributed by atoms with Gasteiger partial charge in [-0.1, -0.05) is 45.1 Å². The second kappa shape index (κ2) is 7.15. The first kappa shape index (κ1) is 17.1. The molecule has 0 heterocycles. The third-order valence-electron chi connectivity index (χ3n) is 3.35. The van der Waals surface area contributed by atoms with Gasteiger partial charge in [-0.3, -0.25) is 0 Å². The van der Waals surface area contributed by atoms with Gasteiger partial charge in [0.05, 0.1) is 9.88 Å². The molecule has 0 radical (unpaired) electrons. The lowest BCUT2D eigenvalue weighted by molar-refractivity contribution is 0.414. The largest absolute Gasteiger partial charge is 0.393 e. The minimum atomic E-state index is -3.45. The molecule has 6 heteroatoms. The molecule has 1 aromatic carbocycles. The van der Waals surface area contributed by atoms with Crippen molar-refractivity contribution in [2.75, 3.05) is 6.54 Å². The molecule has 3 N–H and O–H groups in total. The SMILES string of the molecule is CC(C)C(C)CNS(=O)(=O)c1ccc(CC(N)=S)cc1. The second-order valence-corrected chi connectivity index (χ2v) is 7.65. The number of benzene rings is 1. The van der Waals surface area contributed by atoms with E-state index in [-0.39, 0.29) is 4.90 Å². The highest BCUT2D eigenvalue weighted by Gasteiger charge is 2.16. The van der Waals surface area contributed by atoms with Crippen molar-refractivity contribution in [1.29, 1.82) is 0 Å². The standard InChI is InChI=1S/C14H22N2O2S2/c1-10(2)11(3)9-16-20(17,18)13-6-4-12(5-7-13)8-14(15)19/h4-7,10-11,16H,8-9H2,1-3H3,(H2,15,19). The molecule has 1 rings (SSSR count). The Labute approximate surface area is 126 Å². The van der Waals surface area contributed by atoms with Crippen LogP contribution < -0.4 is 10.5 Å². The lowest BCUT2D eigenvalue weighted by Gasteiger charge is -2.16. The van der Waals surface area contributed by atoms with Crippen molar-refractivity contribution in [2.24, 2.45) is 17.6 Å². The van der Waals surface area contributed by atoms with Crippen LogP contribution in [0.15, 0.2) is 29.2 Å². The van der Waals surface area contributed by atoms with Crippen molar-refractivity contribution >= 4 is 27.2 Å². The molecular formula is C14H22N2O2S2. The highest BCUT2D eigenvalue weighted by molar-refractivity contribution is 7.89. The van der Waals surface area contributed by atoms with E-state index in [0.29, 0.717) is 29.8 Å². The summed E-state index contributed by atoms with van der Waals surface area (Å²) in [6, 6.07) is 6.63. The molecule has 0 aliphatic rings. The minimum absolute atomic E-state index is 0.264. The van der Waals surface area contributed by atoms with Crippen LogP contribution in [0, 0.1) is 11.8 Å². The first-order chi connectivity index (χ1) is 9.22. The fraction of sp³-hybridized carbons (Fsp3) is 0.500.